The number of ether oxygens (including phenoxy) is 1. The monoisotopic (exact) mass is 314 g/mol. The maximum atomic E-state index is 11.6. The molecule has 0 saturated carbocycles. The first-order chi connectivity index (χ1) is 10.8. The molecule has 0 aliphatic heterocycles. The molecule has 0 spiro atoms. The van der Waals surface area contributed by atoms with Crippen LogP contribution < -0.4 is 0 Å². The van der Waals surface area contributed by atoms with Gasteiger partial charge in [0.15, 0.2) is 0 Å². The van der Waals surface area contributed by atoms with Crippen molar-refractivity contribution in [2.24, 2.45) is 0 Å². The van der Waals surface area contributed by atoms with Crippen LogP contribution in [0.15, 0.2) is 65.6 Å². The van der Waals surface area contributed by atoms with Crippen LogP contribution in [0.2, 0.25) is 0 Å². The zero-order valence-electron chi connectivity index (χ0n) is 12.7. The summed E-state index contributed by atoms with van der Waals surface area (Å²) in [5.74, 6) is 0.963. The van der Waals surface area contributed by atoms with Gasteiger partial charge in [0.1, 0.15) is 0 Å². The first-order valence-corrected chi connectivity index (χ1v) is 8.70. The predicted octanol–water partition coefficient (Wildman–Crippen LogP) is 4.73. The van der Waals surface area contributed by atoms with Crippen molar-refractivity contribution in [2.45, 2.75) is 30.6 Å². The minimum atomic E-state index is -0.0976. The Morgan fingerprint density at radius 1 is 0.909 bits per heavy atom. The van der Waals surface area contributed by atoms with Gasteiger partial charge in [0, 0.05) is 11.3 Å². The first-order valence-electron chi connectivity index (χ1n) is 7.72. The summed E-state index contributed by atoms with van der Waals surface area (Å²) < 4.78 is 5.27. The molecule has 0 aromatic heterocycles. The fourth-order valence-electron chi connectivity index (χ4n) is 2.06. The summed E-state index contributed by atoms with van der Waals surface area (Å²) >= 11 is 1.85. The minimum absolute atomic E-state index is 0.0976. The molecule has 2 nitrogen and oxygen atoms in total. The Bertz CT molecular complexity index is 540. The molecule has 2 aromatic carbocycles. The fourth-order valence-corrected chi connectivity index (χ4v) is 2.99. The summed E-state index contributed by atoms with van der Waals surface area (Å²) in [6.45, 7) is 0.531. The third-order valence-corrected chi connectivity index (χ3v) is 4.37. The Labute approximate surface area is 136 Å². The standard InChI is InChI=1S/C19H22O2S/c20-19(14-13-17-9-3-1-4-10-17)21-15-7-8-16-22-18-11-5-2-6-12-18/h1-6,9-12H,7-8,13-16H2. The van der Waals surface area contributed by atoms with Crippen molar-refractivity contribution in [3.63, 3.8) is 0 Å². The molecule has 0 atom stereocenters. The van der Waals surface area contributed by atoms with E-state index in [0.29, 0.717) is 13.0 Å². The van der Waals surface area contributed by atoms with Gasteiger partial charge in [-0.3, -0.25) is 4.79 Å². The summed E-state index contributed by atoms with van der Waals surface area (Å²) in [5, 5.41) is 0. The number of hydrogen-bond donors (Lipinski definition) is 0. The molecule has 0 aliphatic carbocycles. The van der Waals surface area contributed by atoms with Gasteiger partial charge in [-0.25, -0.2) is 0 Å². The van der Waals surface area contributed by atoms with Crippen LogP contribution >= 0.6 is 11.8 Å². The number of carbonyl (C=O) groups excluding carboxylic acids is 1. The number of thioether (sulfide) groups is 1. The average molecular weight is 314 g/mol. The van der Waals surface area contributed by atoms with E-state index >= 15 is 0 Å². The van der Waals surface area contributed by atoms with E-state index in [1.807, 2.05) is 48.2 Å². The van der Waals surface area contributed by atoms with E-state index in [2.05, 4.69) is 24.3 Å². The van der Waals surface area contributed by atoms with Gasteiger partial charge >= 0.3 is 5.97 Å². The Balaban J connectivity index is 1.49. The zero-order valence-corrected chi connectivity index (χ0v) is 13.6. The van der Waals surface area contributed by atoms with Crippen molar-refractivity contribution in [1.29, 1.82) is 0 Å². The molecular formula is C19H22O2S. The van der Waals surface area contributed by atoms with E-state index in [-0.39, 0.29) is 5.97 Å². The molecule has 3 heteroatoms. The van der Waals surface area contributed by atoms with Crippen molar-refractivity contribution in [1.82, 2.24) is 0 Å². The second kappa shape index (κ2) is 10.1. The molecule has 22 heavy (non-hydrogen) atoms. The predicted molar refractivity (Wildman–Crippen MR) is 92.1 cm³/mol. The number of aryl methyl sites for hydroxylation is 1. The van der Waals surface area contributed by atoms with Crippen LogP contribution in [-0.4, -0.2) is 18.3 Å². The lowest BCUT2D eigenvalue weighted by Gasteiger charge is -2.05. The molecule has 0 N–H and O–H groups in total. The van der Waals surface area contributed by atoms with Crippen LogP contribution in [0.5, 0.6) is 0 Å². The Hall–Kier alpha value is -1.74. The van der Waals surface area contributed by atoms with Crippen LogP contribution in [0, 0.1) is 0 Å². The second-order valence-electron chi connectivity index (χ2n) is 5.07. The van der Waals surface area contributed by atoms with Crippen molar-refractivity contribution < 1.29 is 9.53 Å². The third kappa shape index (κ3) is 6.81. The smallest absolute Gasteiger partial charge is 0.306 e. The molecule has 2 aromatic rings. The van der Waals surface area contributed by atoms with E-state index in [4.69, 9.17) is 4.74 Å². The highest BCUT2D eigenvalue weighted by atomic mass is 32.2. The second-order valence-corrected chi connectivity index (χ2v) is 6.24. The molecule has 0 heterocycles. The van der Waals surface area contributed by atoms with Gasteiger partial charge in [-0.15, -0.1) is 11.8 Å². The normalized spacial score (nSPS) is 10.4. The number of unbranched alkanes of at least 4 members (excludes halogenated alkanes) is 1. The van der Waals surface area contributed by atoms with E-state index in [1.54, 1.807) is 0 Å². The van der Waals surface area contributed by atoms with Crippen LogP contribution in [0.4, 0.5) is 0 Å². The average Bonchev–Trinajstić information content (AvgIpc) is 2.58. The van der Waals surface area contributed by atoms with Crippen molar-refractivity contribution in [3.8, 4) is 0 Å². The van der Waals surface area contributed by atoms with Gasteiger partial charge in [-0.05, 0) is 42.7 Å². The molecule has 0 unspecified atom stereocenters. The van der Waals surface area contributed by atoms with Gasteiger partial charge in [-0.2, -0.15) is 0 Å². The Morgan fingerprint density at radius 2 is 1.59 bits per heavy atom. The number of benzene rings is 2. The van der Waals surface area contributed by atoms with Crippen LogP contribution in [0.3, 0.4) is 0 Å². The molecular weight excluding hydrogens is 292 g/mol. The third-order valence-electron chi connectivity index (χ3n) is 3.27. The highest BCUT2D eigenvalue weighted by Gasteiger charge is 2.03. The van der Waals surface area contributed by atoms with Gasteiger partial charge < -0.3 is 4.74 Å². The molecule has 0 bridgehead atoms. The molecule has 0 amide bonds. The molecule has 2 rings (SSSR count). The largest absolute Gasteiger partial charge is 0.466 e. The number of rotatable bonds is 9. The summed E-state index contributed by atoms with van der Waals surface area (Å²) in [4.78, 5) is 12.9. The van der Waals surface area contributed by atoms with Crippen molar-refractivity contribution in [3.05, 3.63) is 66.2 Å². The lowest BCUT2D eigenvalue weighted by atomic mass is 10.1. The van der Waals surface area contributed by atoms with Crippen molar-refractivity contribution >= 4 is 17.7 Å². The van der Waals surface area contributed by atoms with E-state index in [1.165, 1.54) is 10.5 Å². The van der Waals surface area contributed by atoms with Crippen molar-refractivity contribution in [2.75, 3.05) is 12.4 Å². The van der Waals surface area contributed by atoms with Gasteiger partial charge in [-0.1, -0.05) is 48.5 Å². The molecule has 0 saturated heterocycles. The molecule has 0 fully saturated rings. The minimum Gasteiger partial charge on any atom is -0.466 e. The number of hydrogen-bond acceptors (Lipinski definition) is 3. The summed E-state index contributed by atoms with van der Waals surface area (Å²) in [6, 6.07) is 20.4. The van der Waals surface area contributed by atoms with E-state index < -0.39 is 0 Å². The summed E-state index contributed by atoms with van der Waals surface area (Å²) in [6.07, 6.45) is 3.20. The lowest BCUT2D eigenvalue weighted by molar-refractivity contribution is -0.143. The van der Waals surface area contributed by atoms with Crippen LogP contribution in [0.1, 0.15) is 24.8 Å². The van der Waals surface area contributed by atoms with Crippen LogP contribution in [-0.2, 0) is 16.0 Å². The maximum Gasteiger partial charge on any atom is 0.306 e. The fraction of sp³-hybridized carbons (Fsp3) is 0.316. The molecule has 116 valence electrons. The van der Waals surface area contributed by atoms with E-state index in [0.717, 1.165) is 25.0 Å². The summed E-state index contributed by atoms with van der Waals surface area (Å²) in [7, 11) is 0. The molecule has 0 aliphatic rings. The number of carbonyl (C=O) groups is 1. The van der Waals surface area contributed by atoms with E-state index in [9.17, 15) is 4.79 Å². The highest BCUT2D eigenvalue weighted by molar-refractivity contribution is 7.99. The number of esters is 1. The highest BCUT2D eigenvalue weighted by Crippen LogP contribution is 2.18. The SMILES string of the molecule is O=C(CCc1ccccc1)OCCCCSc1ccccc1. The molecule has 0 radical (unpaired) electrons. The maximum absolute atomic E-state index is 11.6. The van der Waals surface area contributed by atoms with Gasteiger partial charge in [0.2, 0.25) is 0 Å². The first kappa shape index (κ1) is 16.6. The van der Waals surface area contributed by atoms with Crippen LogP contribution in [0.25, 0.3) is 0 Å². The van der Waals surface area contributed by atoms with Gasteiger partial charge in [0.25, 0.3) is 0 Å². The quantitative estimate of drug-likeness (QED) is 0.380. The lowest BCUT2D eigenvalue weighted by Crippen LogP contribution is -2.07. The Morgan fingerprint density at radius 3 is 2.32 bits per heavy atom. The van der Waals surface area contributed by atoms with Gasteiger partial charge in [0.05, 0.1) is 6.61 Å². The Kier molecular flexibility index (Phi) is 7.61. The summed E-state index contributed by atoms with van der Waals surface area (Å²) in [5.41, 5.74) is 1.18. The zero-order chi connectivity index (χ0) is 15.5. The topological polar surface area (TPSA) is 26.3 Å².